The lowest BCUT2D eigenvalue weighted by atomic mass is 9.73. The smallest absolute Gasteiger partial charge is 0.338 e. The SMILES string of the molecule is CCNc1ccc2c(c1)Cc1cc(NCC)ccc1C2c1ccccc1C(=O)OCC. The highest BCUT2D eigenvalue weighted by molar-refractivity contribution is 5.92. The van der Waals surface area contributed by atoms with E-state index in [0.717, 1.165) is 36.4 Å². The lowest BCUT2D eigenvalue weighted by Crippen LogP contribution is -2.19. The van der Waals surface area contributed by atoms with Crippen LogP contribution in [-0.4, -0.2) is 25.7 Å². The van der Waals surface area contributed by atoms with Crippen LogP contribution in [0.25, 0.3) is 0 Å². The van der Waals surface area contributed by atoms with E-state index in [1.165, 1.54) is 22.3 Å². The first kappa shape index (κ1) is 21.0. The summed E-state index contributed by atoms with van der Waals surface area (Å²) in [4.78, 5) is 12.8. The van der Waals surface area contributed by atoms with Gasteiger partial charge in [-0.2, -0.15) is 0 Å². The zero-order valence-corrected chi connectivity index (χ0v) is 18.5. The second kappa shape index (κ2) is 9.25. The van der Waals surface area contributed by atoms with Crippen molar-refractivity contribution in [1.29, 1.82) is 0 Å². The number of rotatable bonds is 7. The maximum Gasteiger partial charge on any atom is 0.338 e. The largest absolute Gasteiger partial charge is 0.462 e. The molecule has 0 radical (unpaired) electrons. The standard InChI is InChI=1S/C27H30N2O2/c1-4-28-20-11-13-22-18(16-20)15-19-17-21(29-5-2)12-14-23(19)26(22)24-9-7-8-10-25(24)27(30)31-6-3/h7-14,16-17,26,28-29H,4-6,15H2,1-3H3. The molecule has 2 N–H and O–H groups in total. The van der Waals surface area contributed by atoms with Crippen molar-refractivity contribution in [1.82, 2.24) is 0 Å². The summed E-state index contributed by atoms with van der Waals surface area (Å²) in [5, 5.41) is 6.86. The average Bonchev–Trinajstić information content (AvgIpc) is 2.78. The van der Waals surface area contributed by atoms with Gasteiger partial charge in [0.1, 0.15) is 0 Å². The third-order valence-corrected chi connectivity index (χ3v) is 5.82. The molecule has 0 bridgehead atoms. The highest BCUT2D eigenvalue weighted by Gasteiger charge is 2.30. The minimum Gasteiger partial charge on any atom is -0.462 e. The number of anilines is 2. The molecule has 31 heavy (non-hydrogen) atoms. The molecule has 4 nitrogen and oxygen atoms in total. The summed E-state index contributed by atoms with van der Waals surface area (Å²) in [5.74, 6) is -0.272. The maximum atomic E-state index is 12.8. The molecule has 4 heteroatoms. The average molecular weight is 415 g/mol. The Hall–Kier alpha value is -3.27. The molecule has 0 saturated carbocycles. The fourth-order valence-electron chi connectivity index (χ4n) is 4.56. The van der Waals surface area contributed by atoms with Crippen LogP contribution >= 0.6 is 0 Å². The van der Waals surface area contributed by atoms with Gasteiger partial charge in [-0.25, -0.2) is 4.79 Å². The Balaban J connectivity index is 1.89. The third kappa shape index (κ3) is 4.15. The Bertz CT molecular complexity index is 1030. The first-order valence-corrected chi connectivity index (χ1v) is 11.2. The maximum absolute atomic E-state index is 12.8. The van der Waals surface area contributed by atoms with E-state index in [1.54, 1.807) is 0 Å². The van der Waals surface area contributed by atoms with Crippen LogP contribution in [0.2, 0.25) is 0 Å². The molecule has 0 saturated heterocycles. The monoisotopic (exact) mass is 414 g/mol. The van der Waals surface area contributed by atoms with E-state index in [4.69, 9.17) is 4.74 Å². The molecular formula is C27H30N2O2. The Morgan fingerprint density at radius 1 is 0.839 bits per heavy atom. The van der Waals surface area contributed by atoms with E-state index >= 15 is 0 Å². The molecular weight excluding hydrogens is 384 g/mol. The minimum absolute atomic E-state index is 0.00860. The number of carbonyl (C=O) groups excluding carboxylic acids is 1. The molecule has 1 aliphatic rings. The molecule has 160 valence electrons. The second-order valence-electron chi connectivity index (χ2n) is 7.81. The van der Waals surface area contributed by atoms with Crippen molar-refractivity contribution in [2.45, 2.75) is 33.1 Å². The van der Waals surface area contributed by atoms with E-state index in [1.807, 2.05) is 25.1 Å². The zero-order valence-electron chi connectivity index (χ0n) is 18.5. The number of hydrogen-bond donors (Lipinski definition) is 2. The van der Waals surface area contributed by atoms with Crippen LogP contribution in [0.1, 0.15) is 64.9 Å². The summed E-state index contributed by atoms with van der Waals surface area (Å²) in [5.41, 5.74) is 8.99. The van der Waals surface area contributed by atoms with Crippen LogP contribution in [0.3, 0.4) is 0 Å². The van der Waals surface area contributed by atoms with Gasteiger partial charge >= 0.3 is 5.97 Å². The van der Waals surface area contributed by atoms with Gasteiger partial charge in [-0.3, -0.25) is 0 Å². The van der Waals surface area contributed by atoms with Crippen LogP contribution in [0, 0.1) is 0 Å². The number of benzene rings is 3. The van der Waals surface area contributed by atoms with Crippen molar-refractivity contribution in [3.63, 3.8) is 0 Å². The highest BCUT2D eigenvalue weighted by atomic mass is 16.5. The van der Waals surface area contributed by atoms with Crippen molar-refractivity contribution in [3.05, 3.63) is 94.0 Å². The van der Waals surface area contributed by atoms with Gasteiger partial charge in [0.15, 0.2) is 0 Å². The lowest BCUT2D eigenvalue weighted by molar-refractivity contribution is 0.0525. The van der Waals surface area contributed by atoms with Crippen LogP contribution in [-0.2, 0) is 11.2 Å². The minimum atomic E-state index is -0.264. The summed E-state index contributed by atoms with van der Waals surface area (Å²) in [6, 6.07) is 21.1. The number of nitrogens with one attached hydrogen (secondary N) is 2. The number of carbonyl (C=O) groups is 1. The molecule has 0 atom stereocenters. The van der Waals surface area contributed by atoms with Crippen molar-refractivity contribution in [3.8, 4) is 0 Å². The van der Waals surface area contributed by atoms with E-state index in [9.17, 15) is 4.79 Å². The summed E-state index contributed by atoms with van der Waals surface area (Å²) < 4.78 is 5.38. The van der Waals surface area contributed by atoms with Gasteiger partial charge in [-0.1, -0.05) is 30.3 Å². The van der Waals surface area contributed by atoms with E-state index in [-0.39, 0.29) is 11.9 Å². The summed E-state index contributed by atoms with van der Waals surface area (Å²) in [6.45, 7) is 8.19. The Kier molecular flexibility index (Phi) is 6.26. The highest BCUT2D eigenvalue weighted by Crippen LogP contribution is 2.43. The topological polar surface area (TPSA) is 50.4 Å². The van der Waals surface area contributed by atoms with E-state index < -0.39 is 0 Å². The summed E-state index contributed by atoms with van der Waals surface area (Å²) in [6.07, 6.45) is 0.876. The number of esters is 1. The molecule has 0 spiro atoms. The molecule has 0 fully saturated rings. The number of hydrogen-bond acceptors (Lipinski definition) is 4. The van der Waals surface area contributed by atoms with Gasteiger partial charge in [-0.15, -0.1) is 0 Å². The molecule has 1 aliphatic carbocycles. The first-order chi connectivity index (χ1) is 15.2. The zero-order chi connectivity index (χ0) is 21.8. The van der Waals surface area contributed by atoms with Crippen LogP contribution in [0.4, 0.5) is 11.4 Å². The normalized spacial score (nSPS) is 12.6. The predicted molar refractivity (Wildman–Crippen MR) is 127 cm³/mol. The Labute approximate surface area is 184 Å². The van der Waals surface area contributed by atoms with Gasteiger partial charge in [0.05, 0.1) is 12.2 Å². The first-order valence-electron chi connectivity index (χ1n) is 11.2. The van der Waals surface area contributed by atoms with Crippen LogP contribution < -0.4 is 10.6 Å². The van der Waals surface area contributed by atoms with Crippen molar-refractivity contribution < 1.29 is 9.53 Å². The second-order valence-corrected chi connectivity index (χ2v) is 7.81. The van der Waals surface area contributed by atoms with Crippen molar-refractivity contribution in [2.75, 3.05) is 30.3 Å². The van der Waals surface area contributed by atoms with Gasteiger partial charge in [0.2, 0.25) is 0 Å². The quantitative estimate of drug-likeness (QED) is 0.375. The van der Waals surface area contributed by atoms with Crippen molar-refractivity contribution in [2.24, 2.45) is 0 Å². The third-order valence-electron chi connectivity index (χ3n) is 5.82. The fourth-order valence-corrected chi connectivity index (χ4v) is 4.56. The van der Waals surface area contributed by atoms with Crippen LogP contribution in [0.15, 0.2) is 60.7 Å². The fraction of sp³-hybridized carbons (Fsp3) is 0.296. The van der Waals surface area contributed by atoms with E-state index in [2.05, 4.69) is 66.9 Å². The molecule has 0 amide bonds. The summed E-state index contributed by atoms with van der Waals surface area (Å²) >= 11 is 0. The van der Waals surface area contributed by atoms with Gasteiger partial charge in [0.25, 0.3) is 0 Å². The molecule has 0 aromatic heterocycles. The van der Waals surface area contributed by atoms with Crippen molar-refractivity contribution >= 4 is 17.3 Å². The molecule has 0 unspecified atom stereocenters. The molecule has 3 aromatic carbocycles. The van der Waals surface area contributed by atoms with E-state index in [0.29, 0.717) is 12.2 Å². The lowest BCUT2D eigenvalue weighted by Gasteiger charge is -2.31. The molecule has 0 aliphatic heterocycles. The molecule has 0 heterocycles. The number of ether oxygens (including phenoxy) is 1. The number of fused-ring (bicyclic) bond motifs is 2. The van der Waals surface area contributed by atoms with Gasteiger partial charge in [-0.05, 0) is 85.3 Å². The van der Waals surface area contributed by atoms with Gasteiger partial charge in [0, 0.05) is 30.4 Å². The van der Waals surface area contributed by atoms with Gasteiger partial charge < -0.3 is 15.4 Å². The Morgan fingerprint density at radius 3 is 1.97 bits per heavy atom. The Morgan fingerprint density at radius 2 is 1.42 bits per heavy atom. The van der Waals surface area contributed by atoms with Crippen LogP contribution in [0.5, 0.6) is 0 Å². The summed E-state index contributed by atoms with van der Waals surface area (Å²) in [7, 11) is 0. The predicted octanol–water partition coefficient (Wildman–Crippen LogP) is 5.81. The molecule has 3 aromatic rings. The molecule has 4 rings (SSSR count).